The largest absolute Gasteiger partial charge is 0.496 e. The van der Waals surface area contributed by atoms with Gasteiger partial charge in [0.15, 0.2) is 5.78 Å². The standard InChI is InChI=1S/C18H15IO2/c1-21-17-7-3-6-16-15(17)9-8-13(18(16)20)10-12-4-2-5-14(19)11-12/h2-7,10-11H,8-9H2,1H3. The fourth-order valence-electron chi connectivity index (χ4n) is 2.71. The number of ketones is 1. The van der Waals surface area contributed by atoms with E-state index in [0.29, 0.717) is 0 Å². The predicted molar refractivity (Wildman–Crippen MR) is 92.8 cm³/mol. The molecule has 2 nitrogen and oxygen atoms in total. The first-order chi connectivity index (χ1) is 10.2. The molecule has 0 atom stereocenters. The van der Waals surface area contributed by atoms with Crippen molar-refractivity contribution >= 4 is 34.5 Å². The number of ether oxygens (including phenoxy) is 1. The molecule has 0 amide bonds. The lowest BCUT2D eigenvalue weighted by Crippen LogP contribution is -2.15. The number of allylic oxidation sites excluding steroid dienone is 1. The lowest BCUT2D eigenvalue weighted by atomic mass is 9.85. The van der Waals surface area contributed by atoms with Crippen LogP contribution in [0.2, 0.25) is 0 Å². The van der Waals surface area contributed by atoms with Crippen LogP contribution in [0.4, 0.5) is 0 Å². The van der Waals surface area contributed by atoms with E-state index in [9.17, 15) is 4.79 Å². The van der Waals surface area contributed by atoms with Gasteiger partial charge in [-0.05, 0) is 65.3 Å². The first-order valence-electron chi connectivity index (χ1n) is 6.86. The second-order valence-electron chi connectivity index (χ2n) is 5.04. The normalized spacial score (nSPS) is 15.9. The molecule has 3 heteroatoms. The summed E-state index contributed by atoms with van der Waals surface area (Å²) in [6.07, 6.45) is 3.62. The molecule has 0 aliphatic heterocycles. The Morgan fingerprint density at radius 2 is 1.95 bits per heavy atom. The second kappa shape index (κ2) is 6.02. The van der Waals surface area contributed by atoms with Crippen molar-refractivity contribution < 1.29 is 9.53 Å². The van der Waals surface area contributed by atoms with Gasteiger partial charge < -0.3 is 4.74 Å². The highest BCUT2D eigenvalue weighted by molar-refractivity contribution is 14.1. The Hall–Kier alpha value is -1.62. The van der Waals surface area contributed by atoms with Crippen LogP contribution in [0.5, 0.6) is 5.75 Å². The smallest absolute Gasteiger partial charge is 0.189 e. The average molecular weight is 390 g/mol. The second-order valence-corrected chi connectivity index (χ2v) is 6.29. The third-order valence-corrected chi connectivity index (χ3v) is 4.39. The number of halogens is 1. The third-order valence-electron chi connectivity index (χ3n) is 3.72. The Labute approximate surface area is 138 Å². The molecule has 1 aliphatic carbocycles. The molecule has 106 valence electrons. The van der Waals surface area contributed by atoms with Gasteiger partial charge in [0.1, 0.15) is 5.75 Å². The number of hydrogen-bond acceptors (Lipinski definition) is 2. The van der Waals surface area contributed by atoms with Gasteiger partial charge in [-0.25, -0.2) is 0 Å². The summed E-state index contributed by atoms with van der Waals surface area (Å²) >= 11 is 2.28. The monoisotopic (exact) mass is 390 g/mol. The fourth-order valence-corrected chi connectivity index (χ4v) is 3.28. The van der Waals surface area contributed by atoms with E-state index >= 15 is 0 Å². The number of fused-ring (bicyclic) bond motifs is 1. The lowest BCUT2D eigenvalue weighted by molar-refractivity contribution is 0.102. The van der Waals surface area contributed by atoms with E-state index in [4.69, 9.17) is 4.74 Å². The van der Waals surface area contributed by atoms with Crippen molar-refractivity contribution in [1.29, 1.82) is 0 Å². The van der Waals surface area contributed by atoms with E-state index in [1.807, 2.05) is 42.5 Å². The molecule has 3 rings (SSSR count). The highest BCUT2D eigenvalue weighted by Gasteiger charge is 2.24. The van der Waals surface area contributed by atoms with Gasteiger partial charge in [-0.2, -0.15) is 0 Å². The van der Waals surface area contributed by atoms with Gasteiger partial charge >= 0.3 is 0 Å². The van der Waals surface area contributed by atoms with E-state index < -0.39 is 0 Å². The number of Topliss-reactive ketones (excluding diaryl/α,β-unsaturated/α-hetero) is 1. The van der Waals surface area contributed by atoms with Crippen molar-refractivity contribution in [2.45, 2.75) is 12.8 Å². The molecule has 0 radical (unpaired) electrons. The van der Waals surface area contributed by atoms with E-state index in [2.05, 4.69) is 28.7 Å². The van der Waals surface area contributed by atoms with Crippen LogP contribution in [-0.4, -0.2) is 12.9 Å². The summed E-state index contributed by atoms with van der Waals surface area (Å²) in [4.78, 5) is 12.6. The third kappa shape index (κ3) is 2.88. The molecule has 0 saturated carbocycles. The predicted octanol–water partition coefficient (Wildman–Crippen LogP) is 4.51. The minimum Gasteiger partial charge on any atom is -0.496 e. The quantitative estimate of drug-likeness (QED) is 0.557. The van der Waals surface area contributed by atoms with Crippen LogP contribution < -0.4 is 4.74 Å². The highest BCUT2D eigenvalue weighted by Crippen LogP contribution is 2.32. The van der Waals surface area contributed by atoms with E-state index in [1.54, 1.807) is 7.11 Å². The maximum Gasteiger partial charge on any atom is 0.189 e. The van der Waals surface area contributed by atoms with Crippen LogP contribution in [0.15, 0.2) is 48.0 Å². The van der Waals surface area contributed by atoms with Crippen LogP contribution in [0.1, 0.15) is 27.9 Å². The number of methoxy groups -OCH3 is 1. The Kier molecular flexibility index (Phi) is 4.10. The van der Waals surface area contributed by atoms with Crippen molar-refractivity contribution in [2.75, 3.05) is 7.11 Å². The summed E-state index contributed by atoms with van der Waals surface area (Å²) in [5.74, 6) is 0.933. The molecule has 2 aromatic carbocycles. The Bertz CT molecular complexity index is 732. The van der Waals surface area contributed by atoms with Gasteiger partial charge in [-0.3, -0.25) is 4.79 Å². The van der Waals surface area contributed by atoms with Gasteiger partial charge in [0.05, 0.1) is 7.11 Å². The van der Waals surface area contributed by atoms with Crippen LogP contribution in [-0.2, 0) is 6.42 Å². The zero-order chi connectivity index (χ0) is 14.8. The number of hydrogen-bond donors (Lipinski definition) is 0. The van der Waals surface area contributed by atoms with Crippen LogP contribution in [0.3, 0.4) is 0 Å². The molecular formula is C18H15IO2. The van der Waals surface area contributed by atoms with Crippen molar-refractivity contribution in [3.05, 3.63) is 68.3 Å². The van der Waals surface area contributed by atoms with Gasteiger partial charge in [-0.1, -0.05) is 24.3 Å². The molecule has 2 aromatic rings. The van der Waals surface area contributed by atoms with Crippen molar-refractivity contribution in [1.82, 2.24) is 0 Å². The number of carbonyl (C=O) groups is 1. The zero-order valence-corrected chi connectivity index (χ0v) is 13.9. The number of rotatable bonds is 2. The molecule has 0 heterocycles. The van der Waals surface area contributed by atoms with Crippen LogP contribution >= 0.6 is 22.6 Å². The summed E-state index contributed by atoms with van der Waals surface area (Å²) in [7, 11) is 1.65. The SMILES string of the molecule is COc1cccc2c1CCC(=Cc1cccc(I)c1)C2=O. The number of carbonyl (C=O) groups excluding carboxylic acids is 1. The van der Waals surface area contributed by atoms with Crippen LogP contribution in [0.25, 0.3) is 6.08 Å². The molecule has 0 spiro atoms. The summed E-state index contributed by atoms with van der Waals surface area (Å²) in [5, 5.41) is 0. The molecule has 0 fully saturated rings. The topological polar surface area (TPSA) is 26.3 Å². The molecule has 0 bridgehead atoms. The van der Waals surface area contributed by atoms with Gasteiger partial charge in [0.25, 0.3) is 0 Å². The molecular weight excluding hydrogens is 375 g/mol. The Balaban J connectivity index is 1.99. The molecule has 0 saturated heterocycles. The molecule has 0 N–H and O–H groups in total. The Morgan fingerprint density at radius 1 is 1.14 bits per heavy atom. The maximum absolute atomic E-state index is 12.6. The Morgan fingerprint density at radius 3 is 2.71 bits per heavy atom. The zero-order valence-electron chi connectivity index (χ0n) is 11.7. The summed E-state index contributed by atoms with van der Waals surface area (Å²) in [5.41, 5.74) is 3.76. The molecule has 21 heavy (non-hydrogen) atoms. The molecule has 1 aliphatic rings. The highest BCUT2D eigenvalue weighted by atomic mass is 127. The minimum absolute atomic E-state index is 0.119. The first kappa shape index (κ1) is 14.3. The number of benzene rings is 2. The van der Waals surface area contributed by atoms with Crippen molar-refractivity contribution in [2.24, 2.45) is 0 Å². The first-order valence-corrected chi connectivity index (χ1v) is 7.93. The van der Waals surface area contributed by atoms with Gasteiger partial charge in [-0.15, -0.1) is 0 Å². The van der Waals surface area contributed by atoms with Crippen LogP contribution in [0, 0.1) is 3.57 Å². The fraction of sp³-hybridized carbons (Fsp3) is 0.167. The van der Waals surface area contributed by atoms with Gasteiger partial charge in [0, 0.05) is 20.3 Å². The summed E-state index contributed by atoms with van der Waals surface area (Å²) in [6, 6.07) is 13.9. The molecule has 0 unspecified atom stereocenters. The van der Waals surface area contributed by atoms with E-state index in [-0.39, 0.29) is 5.78 Å². The van der Waals surface area contributed by atoms with Gasteiger partial charge in [0.2, 0.25) is 0 Å². The minimum atomic E-state index is 0.119. The maximum atomic E-state index is 12.6. The van der Waals surface area contributed by atoms with E-state index in [1.165, 1.54) is 3.57 Å². The van der Waals surface area contributed by atoms with Crippen molar-refractivity contribution in [3.63, 3.8) is 0 Å². The lowest BCUT2D eigenvalue weighted by Gasteiger charge is -2.19. The van der Waals surface area contributed by atoms with E-state index in [0.717, 1.165) is 40.9 Å². The van der Waals surface area contributed by atoms with Crippen molar-refractivity contribution in [3.8, 4) is 5.75 Å². The summed E-state index contributed by atoms with van der Waals surface area (Å²) < 4.78 is 6.53. The average Bonchev–Trinajstić information content (AvgIpc) is 2.50. The summed E-state index contributed by atoms with van der Waals surface area (Å²) in [6.45, 7) is 0. The molecule has 0 aromatic heterocycles.